The van der Waals surface area contributed by atoms with Crippen LogP contribution in [0.1, 0.15) is 27.5 Å². The molecule has 0 bridgehead atoms. The highest BCUT2D eigenvalue weighted by Crippen LogP contribution is 2.23. The molecular formula is C24H21F3N4O3S. The Labute approximate surface area is 203 Å². The van der Waals surface area contributed by atoms with E-state index in [1.807, 2.05) is 29.6 Å². The predicted molar refractivity (Wildman–Crippen MR) is 125 cm³/mol. The van der Waals surface area contributed by atoms with Crippen LogP contribution in [0.3, 0.4) is 0 Å². The first kappa shape index (κ1) is 24.4. The molecule has 0 aliphatic heterocycles. The second-order valence-corrected chi connectivity index (χ2v) is 8.22. The van der Waals surface area contributed by atoms with Gasteiger partial charge in [-0.1, -0.05) is 35.6 Å². The van der Waals surface area contributed by atoms with Crippen molar-refractivity contribution in [2.45, 2.75) is 26.0 Å². The highest BCUT2D eigenvalue weighted by molar-refractivity contribution is 7.10. The number of benzene rings is 2. The lowest BCUT2D eigenvalue weighted by atomic mass is 10.2. The number of halogens is 3. The number of nitrogens with one attached hydrogen (secondary N) is 1. The topological polar surface area (TPSA) is 82.1 Å². The molecule has 0 fully saturated rings. The van der Waals surface area contributed by atoms with Gasteiger partial charge in [0.25, 0.3) is 0 Å². The van der Waals surface area contributed by atoms with E-state index in [1.165, 1.54) is 23.5 Å². The van der Waals surface area contributed by atoms with E-state index in [1.54, 1.807) is 30.5 Å². The van der Waals surface area contributed by atoms with Gasteiger partial charge in [-0.2, -0.15) is 0 Å². The molecule has 0 saturated carbocycles. The quantitative estimate of drug-likeness (QED) is 0.266. The van der Waals surface area contributed by atoms with Crippen LogP contribution in [0.25, 0.3) is 12.2 Å². The molecule has 7 nitrogen and oxygen atoms in total. The number of aromatic amines is 1. The van der Waals surface area contributed by atoms with Crippen LogP contribution in [0.5, 0.6) is 11.5 Å². The van der Waals surface area contributed by atoms with Gasteiger partial charge in [0, 0.05) is 18.0 Å². The normalized spacial score (nSPS) is 11.7. The Morgan fingerprint density at radius 2 is 1.69 bits per heavy atom. The van der Waals surface area contributed by atoms with Gasteiger partial charge in [-0.3, -0.25) is 5.10 Å². The van der Waals surface area contributed by atoms with E-state index >= 15 is 0 Å². The smallest absolute Gasteiger partial charge is 0.487 e. The van der Waals surface area contributed by atoms with Crippen molar-refractivity contribution < 1.29 is 27.4 Å². The lowest BCUT2D eigenvalue weighted by Gasteiger charge is -2.08. The average molecular weight is 503 g/mol. The van der Waals surface area contributed by atoms with Gasteiger partial charge in [0.05, 0.1) is 24.6 Å². The lowest BCUT2D eigenvalue weighted by molar-refractivity contribution is -0.274. The molecule has 182 valence electrons. The number of ether oxygens (including phenoxy) is 3. The third-order valence-corrected chi connectivity index (χ3v) is 5.51. The summed E-state index contributed by atoms with van der Waals surface area (Å²) >= 11 is 1.45. The van der Waals surface area contributed by atoms with Gasteiger partial charge in [0.15, 0.2) is 0 Å². The van der Waals surface area contributed by atoms with Crippen molar-refractivity contribution in [3.63, 3.8) is 0 Å². The summed E-state index contributed by atoms with van der Waals surface area (Å²) in [6, 6.07) is 13.3. The van der Waals surface area contributed by atoms with Crippen LogP contribution in [-0.4, -0.2) is 33.4 Å². The second kappa shape index (κ2) is 11.6. The van der Waals surface area contributed by atoms with Crippen LogP contribution >= 0.6 is 11.3 Å². The van der Waals surface area contributed by atoms with Gasteiger partial charge in [-0.15, -0.1) is 29.6 Å². The van der Waals surface area contributed by atoms with Crippen LogP contribution in [0.15, 0.2) is 60.1 Å². The van der Waals surface area contributed by atoms with Crippen molar-refractivity contribution in [1.29, 1.82) is 0 Å². The first-order chi connectivity index (χ1) is 16.9. The first-order valence-electron chi connectivity index (χ1n) is 10.6. The van der Waals surface area contributed by atoms with E-state index < -0.39 is 6.36 Å². The largest absolute Gasteiger partial charge is 0.573 e. The van der Waals surface area contributed by atoms with E-state index in [0.29, 0.717) is 26.2 Å². The van der Waals surface area contributed by atoms with Crippen LogP contribution in [0.4, 0.5) is 13.2 Å². The molecule has 0 saturated heterocycles. The molecule has 4 aromatic rings. The van der Waals surface area contributed by atoms with Crippen LogP contribution in [0, 0.1) is 0 Å². The Kier molecular flexibility index (Phi) is 8.11. The van der Waals surface area contributed by atoms with E-state index in [-0.39, 0.29) is 5.75 Å². The number of alkyl halides is 3. The molecule has 1 N–H and O–H groups in total. The maximum absolute atomic E-state index is 12.2. The number of nitrogens with zero attached hydrogens (tertiary/aromatic N) is 3. The molecule has 2 heterocycles. The number of rotatable bonds is 11. The lowest BCUT2D eigenvalue weighted by Crippen LogP contribution is -2.16. The highest BCUT2D eigenvalue weighted by Gasteiger charge is 2.30. The minimum Gasteiger partial charge on any atom is -0.487 e. The minimum atomic E-state index is -4.70. The molecule has 35 heavy (non-hydrogen) atoms. The Morgan fingerprint density at radius 1 is 0.914 bits per heavy atom. The SMILES string of the molecule is FC(F)(F)Oc1ccc(C=Cc2nc(COc3ccc(COCCc4c[nH]nn4)cc3)cs2)cc1. The summed E-state index contributed by atoms with van der Waals surface area (Å²) in [6.45, 7) is 1.38. The zero-order chi connectivity index (χ0) is 24.5. The number of hydrogen-bond acceptors (Lipinski definition) is 7. The summed E-state index contributed by atoms with van der Waals surface area (Å²) in [4.78, 5) is 4.50. The average Bonchev–Trinajstić information content (AvgIpc) is 3.52. The molecule has 0 aliphatic rings. The third-order valence-electron chi connectivity index (χ3n) is 4.65. The highest BCUT2D eigenvalue weighted by atomic mass is 32.1. The molecule has 0 unspecified atom stereocenters. The summed E-state index contributed by atoms with van der Waals surface area (Å²) in [5.41, 5.74) is 3.42. The Bertz CT molecular complexity index is 1210. The summed E-state index contributed by atoms with van der Waals surface area (Å²) in [5.74, 6) is 0.467. The van der Waals surface area contributed by atoms with Crippen molar-refractivity contribution in [2.75, 3.05) is 6.61 Å². The zero-order valence-corrected chi connectivity index (χ0v) is 19.2. The van der Waals surface area contributed by atoms with Gasteiger partial charge in [0.1, 0.15) is 23.1 Å². The first-order valence-corrected chi connectivity index (χ1v) is 11.4. The molecule has 0 spiro atoms. The maximum atomic E-state index is 12.2. The van der Waals surface area contributed by atoms with E-state index in [9.17, 15) is 13.2 Å². The standard InChI is InChI=1S/C24H21F3N4O3S/c25-24(26,27)34-22-8-1-17(2-9-22)5-10-23-29-20(16-35-23)15-33-21-6-3-18(4-7-21)14-32-12-11-19-13-28-31-30-19/h1-10,13,16H,11-12,14-15H2,(H,28,30,31). The fourth-order valence-corrected chi connectivity index (χ4v) is 3.66. The van der Waals surface area contributed by atoms with E-state index in [0.717, 1.165) is 33.3 Å². The molecule has 11 heteroatoms. The molecule has 4 rings (SSSR count). The van der Waals surface area contributed by atoms with Crippen molar-refractivity contribution in [1.82, 2.24) is 20.4 Å². The fourth-order valence-electron chi connectivity index (χ4n) is 2.97. The summed E-state index contributed by atoms with van der Waals surface area (Å²) < 4.78 is 52.0. The van der Waals surface area contributed by atoms with E-state index in [2.05, 4.69) is 25.1 Å². The molecule has 0 amide bonds. The van der Waals surface area contributed by atoms with Gasteiger partial charge < -0.3 is 14.2 Å². The summed E-state index contributed by atoms with van der Waals surface area (Å²) in [6.07, 6.45) is 1.31. The number of thiazole rings is 1. The van der Waals surface area contributed by atoms with Crippen molar-refractivity contribution in [3.05, 3.63) is 87.6 Å². The number of hydrogen-bond donors (Lipinski definition) is 1. The van der Waals surface area contributed by atoms with Gasteiger partial charge in [0.2, 0.25) is 0 Å². The van der Waals surface area contributed by atoms with Crippen LogP contribution in [0.2, 0.25) is 0 Å². The van der Waals surface area contributed by atoms with Crippen LogP contribution in [-0.2, 0) is 24.4 Å². The Morgan fingerprint density at radius 3 is 2.40 bits per heavy atom. The van der Waals surface area contributed by atoms with Gasteiger partial charge >= 0.3 is 6.36 Å². The number of aromatic nitrogens is 4. The van der Waals surface area contributed by atoms with Crippen molar-refractivity contribution >= 4 is 23.5 Å². The molecule has 0 radical (unpaired) electrons. The predicted octanol–water partition coefficient (Wildman–Crippen LogP) is 5.67. The second-order valence-electron chi connectivity index (χ2n) is 7.33. The third kappa shape index (κ3) is 8.23. The molecule has 0 atom stereocenters. The fraction of sp³-hybridized carbons (Fsp3) is 0.208. The van der Waals surface area contributed by atoms with Crippen molar-refractivity contribution in [2.24, 2.45) is 0 Å². The van der Waals surface area contributed by atoms with Gasteiger partial charge in [-0.25, -0.2) is 4.98 Å². The van der Waals surface area contributed by atoms with Crippen LogP contribution < -0.4 is 9.47 Å². The molecular weight excluding hydrogens is 481 g/mol. The molecule has 2 aromatic heterocycles. The Balaban J connectivity index is 1.20. The monoisotopic (exact) mass is 502 g/mol. The van der Waals surface area contributed by atoms with Crippen molar-refractivity contribution in [3.8, 4) is 11.5 Å². The number of H-pyrrole nitrogens is 1. The molecule has 2 aromatic carbocycles. The summed E-state index contributed by atoms with van der Waals surface area (Å²) in [5, 5.41) is 12.9. The maximum Gasteiger partial charge on any atom is 0.573 e. The van der Waals surface area contributed by atoms with E-state index in [4.69, 9.17) is 9.47 Å². The molecule has 0 aliphatic carbocycles. The Hall–Kier alpha value is -3.70. The van der Waals surface area contributed by atoms with Gasteiger partial charge in [-0.05, 0) is 41.5 Å². The minimum absolute atomic E-state index is 0.258. The zero-order valence-electron chi connectivity index (χ0n) is 18.4. The summed E-state index contributed by atoms with van der Waals surface area (Å²) in [7, 11) is 0.